The molecule has 2 saturated carbocycles. The number of nitrogens with one attached hydrogen (secondary N) is 1. The van der Waals surface area contributed by atoms with E-state index < -0.39 is 5.97 Å². The number of benzene rings is 1. The molecule has 1 aromatic rings. The monoisotopic (exact) mass is 245 g/mol. The third kappa shape index (κ3) is 2.09. The van der Waals surface area contributed by atoms with Crippen molar-refractivity contribution in [3.8, 4) is 0 Å². The second-order valence-corrected chi connectivity index (χ2v) is 5.84. The predicted octanol–water partition coefficient (Wildman–Crippen LogP) is 3.30. The Kier molecular flexibility index (Phi) is 2.58. The summed E-state index contributed by atoms with van der Waals surface area (Å²) in [5.41, 5.74) is 2.63. The lowest BCUT2D eigenvalue weighted by molar-refractivity contribution is 0.0698. The van der Waals surface area contributed by atoms with Crippen molar-refractivity contribution in [2.45, 2.75) is 32.6 Å². The summed E-state index contributed by atoms with van der Waals surface area (Å²) >= 11 is 0. The molecule has 0 aliphatic heterocycles. The van der Waals surface area contributed by atoms with Gasteiger partial charge in [-0.15, -0.1) is 0 Å². The second kappa shape index (κ2) is 4.01. The highest BCUT2D eigenvalue weighted by atomic mass is 16.4. The minimum Gasteiger partial charge on any atom is -0.478 e. The molecule has 1 aromatic carbocycles. The van der Waals surface area contributed by atoms with E-state index in [0.29, 0.717) is 11.0 Å². The first-order chi connectivity index (χ1) is 8.61. The molecule has 0 amide bonds. The van der Waals surface area contributed by atoms with Crippen molar-refractivity contribution in [1.82, 2.24) is 0 Å². The van der Waals surface area contributed by atoms with Crippen LogP contribution in [0, 0.1) is 18.3 Å². The number of aryl methyl sites for hydroxylation is 1. The van der Waals surface area contributed by atoms with Gasteiger partial charge in [-0.3, -0.25) is 0 Å². The zero-order chi connectivity index (χ0) is 12.8. The zero-order valence-electron chi connectivity index (χ0n) is 10.7. The fourth-order valence-corrected chi connectivity index (χ4v) is 2.85. The molecule has 0 heterocycles. The summed E-state index contributed by atoms with van der Waals surface area (Å²) < 4.78 is 0. The molecule has 96 valence electrons. The molecule has 18 heavy (non-hydrogen) atoms. The van der Waals surface area contributed by atoms with Gasteiger partial charge in [-0.25, -0.2) is 4.79 Å². The lowest BCUT2D eigenvalue weighted by atomic mass is 10.00. The number of hydrogen-bond acceptors (Lipinski definition) is 2. The van der Waals surface area contributed by atoms with Crippen LogP contribution in [0.15, 0.2) is 18.2 Å². The molecular formula is C15H19NO2. The number of aromatic carboxylic acids is 1. The van der Waals surface area contributed by atoms with E-state index in [1.54, 1.807) is 6.07 Å². The topological polar surface area (TPSA) is 49.3 Å². The van der Waals surface area contributed by atoms with Gasteiger partial charge in [0.15, 0.2) is 0 Å². The fourth-order valence-electron chi connectivity index (χ4n) is 2.85. The Labute approximate surface area is 107 Å². The molecule has 2 aliphatic carbocycles. The number of anilines is 1. The Hall–Kier alpha value is -1.51. The van der Waals surface area contributed by atoms with Crippen molar-refractivity contribution < 1.29 is 9.90 Å². The Bertz CT molecular complexity index is 487. The lowest BCUT2D eigenvalue weighted by Crippen LogP contribution is -2.18. The van der Waals surface area contributed by atoms with E-state index >= 15 is 0 Å². The zero-order valence-corrected chi connectivity index (χ0v) is 10.7. The first kappa shape index (κ1) is 11.6. The quantitative estimate of drug-likeness (QED) is 0.836. The van der Waals surface area contributed by atoms with Crippen LogP contribution in [-0.2, 0) is 0 Å². The fraction of sp³-hybridized carbons (Fsp3) is 0.533. The van der Waals surface area contributed by atoms with Gasteiger partial charge < -0.3 is 10.4 Å². The first-order valence-electron chi connectivity index (χ1n) is 6.69. The summed E-state index contributed by atoms with van der Waals surface area (Å²) in [5.74, 6) is 0.0428. The van der Waals surface area contributed by atoms with Crippen LogP contribution in [0.3, 0.4) is 0 Å². The molecule has 0 spiro atoms. The van der Waals surface area contributed by atoms with Gasteiger partial charge in [0.25, 0.3) is 0 Å². The molecule has 3 rings (SSSR count). The van der Waals surface area contributed by atoms with Crippen molar-refractivity contribution in [2.24, 2.45) is 11.3 Å². The minimum atomic E-state index is -0.850. The summed E-state index contributed by atoms with van der Waals surface area (Å²) in [4.78, 5) is 11.2. The molecule has 2 aliphatic rings. The van der Waals surface area contributed by atoms with Gasteiger partial charge in [0.05, 0.1) is 5.56 Å². The van der Waals surface area contributed by atoms with Gasteiger partial charge in [-0.2, -0.15) is 0 Å². The van der Waals surface area contributed by atoms with Crippen LogP contribution < -0.4 is 5.32 Å². The summed E-state index contributed by atoms with van der Waals surface area (Å²) in [7, 11) is 0. The lowest BCUT2D eigenvalue weighted by Gasteiger charge is -2.17. The predicted molar refractivity (Wildman–Crippen MR) is 71.0 cm³/mol. The normalized spacial score (nSPS) is 20.5. The summed E-state index contributed by atoms with van der Waals surface area (Å²) in [5, 5.41) is 12.6. The van der Waals surface area contributed by atoms with E-state index in [1.165, 1.54) is 25.7 Å². The standard InChI is InChI=1S/C15H19NO2/c1-10-2-5-13(12(8-10)14(17)18)16-9-15(6-7-15)11-3-4-11/h2,5,8,11,16H,3-4,6-7,9H2,1H3,(H,17,18). The van der Waals surface area contributed by atoms with Crippen LogP contribution in [0.25, 0.3) is 0 Å². The molecule has 0 unspecified atom stereocenters. The van der Waals surface area contributed by atoms with E-state index in [9.17, 15) is 9.90 Å². The Morgan fingerprint density at radius 3 is 2.72 bits per heavy atom. The number of carbonyl (C=O) groups is 1. The molecule has 3 nitrogen and oxygen atoms in total. The molecule has 0 radical (unpaired) electrons. The molecule has 3 heteroatoms. The molecule has 2 N–H and O–H groups in total. The number of hydrogen-bond donors (Lipinski definition) is 2. The molecule has 2 fully saturated rings. The van der Waals surface area contributed by atoms with Crippen LogP contribution in [0.4, 0.5) is 5.69 Å². The van der Waals surface area contributed by atoms with E-state index in [-0.39, 0.29) is 0 Å². The molecule has 0 bridgehead atoms. The van der Waals surface area contributed by atoms with Crippen molar-refractivity contribution in [2.75, 3.05) is 11.9 Å². The van der Waals surface area contributed by atoms with Crippen LogP contribution in [0.1, 0.15) is 41.6 Å². The van der Waals surface area contributed by atoms with Gasteiger partial charge in [0.2, 0.25) is 0 Å². The van der Waals surface area contributed by atoms with Crippen LogP contribution >= 0.6 is 0 Å². The molecule has 0 aromatic heterocycles. The van der Waals surface area contributed by atoms with Crippen molar-refractivity contribution in [1.29, 1.82) is 0 Å². The summed E-state index contributed by atoms with van der Waals surface area (Å²) in [6, 6.07) is 5.59. The van der Waals surface area contributed by atoms with Gasteiger partial charge in [0, 0.05) is 12.2 Å². The Balaban J connectivity index is 1.74. The van der Waals surface area contributed by atoms with E-state index in [2.05, 4.69) is 5.32 Å². The molecule has 0 saturated heterocycles. The van der Waals surface area contributed by atoms with Gasteiger partial charge in [-0.1, -0.05) is 11.6 Å². The maximum atomic E-state index is 11.2. The summed E-state index contributed by atoms with van der Waals surface area (Å²) in [6.45, 7) is 2.85. The van der Waals surface area contributed by atoms with E-state index in [1.807, 2.05) is 19.1 Å². The van der Waals surface area contributed by atoms with E-state index in [0.717, 1.165) is 23.7 Å². The van der Waals surface area contributed by atoms with Gasteiger partial charge in [-0.05, 0) is 56.1 Å². The number of carboxylic acid groups (broad SMARTS) is 1. The van der Waals surface area contributed by atoms with Gasteiger partial charge >= 0.3 is 5.97 Å². The molecule has 0 atom stereocenters. The maximum Gasteiger partial charge on any atom is 0.337 e. The Morgan fingerprint density at radius 1 is 1.44 bits per heavy atom. The minimum absolute atomic E-state index is 0.390. The smallest absolute Gasteiger partial charge is 0.337 e. The van der Waals surface area contributed by atoms with Crippen molar-refractivity contribution in [3.05, 3.63) is 29.3 Å². The maximum absolute atomic E-state index is 11.2. The highest BCUT2D eigenvalue weighted by Gasteiger charge is 2.53. The van der Waals surface area contributed by atoms with Crippen LogP contribution in [0.5, 0.6) is 0 Å². The average Bonchev–Trinajstić information content (AvgIpc) is 3.19. The third-order valence-electron chi connectivity index (χ3n) is 4.37. The average molecular weight is 245 g/mol. The number of carboxylic acids is 1. The van der Waals surface area contributed by atoms with Crippen molar-refractivity contribution in [3.63, 3.8) is 0 Å². The first-order valence-corrected chi connectivity index (χ1v) is 6.69. The number of rotatable bonds is 5. The van der Waals surface area contributed by atoms with Crippen LogP contribution in [0.2, 0.25) is 0 Å². The van der Waals surface area contributed by atoms with Gasteiger partial charge in [0.1, 0.15) is 0 Å². The summed E-state index contributed by atoms with van der Waals surface area (Å²) in [6.07, 6.45) is 5.33. The van der Waals surface area contributed by atoms with Crippen molar-refractivity contribution >= 4 is 11.7 Å². The highest BCUT2D eigenvalue weighted by Crippen LogP contribution is 2.61. The van der Waals surface area contributed by atoms with Crippen LogP contribution in [-0.4, -0.2) is 17.6 Å². The highest BCUT2D eigenvalue weighted by molar-refractivity contribution is 5.94. The molecular weight excluding hydrogens is 226 g/mol. The SMILES string of the molecule is Cc1ccc(NCC2(C3CC3)CC2)c(C(=O)O)c1. The third-order valence-corrected chi connectivity index (χ3v) is 4.37. The Morgan fingerprint density at radius 2 is 2.17 bits per heavy atom. The largest absolute Gasteiger partial charge is 0.478 e. The van der Waals surface area contributed by atoms with E-state index in [4.69, 9.17) is 0 Å². The second-order valence-electron chi connectivity index (χ2n) is 5.84.